The van der Waals surface area contributed by atoms with Crippen LogP contribution in [0.2, 0.25) is 0 Å². The maximum atomic E-state index is 13.9. The summed E-state index contributed by atoms with van der Waals surface area (Å²) in [4.78, 5) is 0. The topological polar surface area (TPSA) is 38.7 Å². The molecule has 0 amide bonds. The SMILES string of the molecule is Fc1cccc(Br)c1C1CC(OCc2ccccc2)C1.OC1(c2c(F)cccc2Br)CC(OCc2ccccc2)C1. The number of rotatable bonds is 8. The van der Waals surface area contributed by atoms with Gasteiger partial charge in [0.15, 0.2) is 0 Å². The molecular weight excluding hydrogens is 654 g/mol. The van der Waals surface area contributed by atoms with Crippen molar-refractivity contribution in [1.82, 2.24) is 0 Å². The molecule has 3 nitrogen and oxygen atoms in total. The van der Waals surface area contributed by atoms with E-state index in [1.165, 1.54) is 17.7 Å². The van der Waals surface area contributed by atoms with Gasteiger partial charge in [0, 0.05) is 32.9 Å². The van der Waals surface area contributed by atoms with Crippen LogP contribution in [0.1, 0.15) is 53.9 Å². The van der Waals surface area contributed by atoms with E-state index >= 15 is 0 Å². The molecule has 0 spiro atoms. The molecule has 0 aliphatic heterocycles. The van der Waals surface area contributed by atoms with E-state index in [2.05, 4.69) is 44.0 Å². The average Bonchev–Trinajstić information content (AvgIpc) is 2.92. The van der Waals surface area contributed by atoms with E-state index in [0.29, 0.717) is 36.1 Å². The van der Waals surface area contributed by atoms with Crippen LogP contribution in [0.25, 0.3) is 0 Å². The number of benzene rings is 4. The molecular formula is C34H32Br2F2O3. The van der Waals surface area contributed by atoms with Gasteiger partial charge in [0.25, 0.3) is 0 Å². The van der Waals surface area contributed by atoms with Crippen molar-refractivity contribution in [3.8, 4) is 0 Å². The van der Waals surface area contributed by atoms with Gasteiger partial charge in [-0.15, -0.1) is 0 Å². The fourth-order valence-electron chi connectivity index (χ4n) is 5.37. The van der Waals surface area contributed by atoms with Gasteiger partial charge in [0.2, 0.25) is 0 Å². The molecule has 7 heteroatoms. The summed E-state index contributed by atoms with van der Waals surface area (Å²) in [5, 5.41) is 10.6. The molecule has 0 unspecified atom stereocenters. The van der Waals surface area contributed by atoms with Crippen molar-refractivity contribution >= 4 is 31.9 Å². The third-order valence-corrected chi connectivity index (χ3v) is 9.07. The number of hydrogen-bond donors (Lipinski definition) is 1. The number of ether oxygens (including phenoxy) is 2. The molecule has 6 rings (SSSR count). The molecule has 0 heterocycles. The lowest BCUT2D eigenvalue weighted by Crippen LogP contribution is -2.46. The number of hydrogen-bond acceptors (Lipinski definition) is 3. The first kappa shape index (κ1) is 30.1. The van der Waals surface area contributed by atoms with Crippen molar-refractivity contribution in [3.05, 3.63) is 140 Å². The Bertz CT molecular complexity index is 1380. The van der Waals surface area contributed by atoms with E-state index in [0.717, 1.165) is 28.4 Å². The minimum absolute atomic E-state index is 0.0401. The highest BCUT2D eigenvalue weighted by Gasteiger charge is 2.47. The van der Waals surface area contributed by atoms with Crippen LogP contribution in [-0.4, -0.2) is 17.3 Å². The molecule has 214 valence electrons. The molecule has 2 aliphatic carbocycles. The van der Waals surface area contributed by atoms with E-state index in [1.54, 1.807) is 18.2 Å². The minimum Gasteiger partial charge on any atom is -0.385 e. The molecule has 0 atom stereocenters. The largest absolute Gasteiger partial charge is 0.385 e. The quantitative estimate of drug-likeness (QED) is 0.201. The summed E-state index contributed by atoms with van der Waals surface area (Å²) >= 11 is 6.75. The van der Waals surface area contributed by atoms with Gasteiger partial charge < -0.3 is 14.6 Å². The van der Waals surface area contributed by atoms with E-state index in [4.69, 9.17) is 9.47 Å². The van der Waals surface area contributed by atoms with E-state index < -0.39 is 5.60 Å². The van der Waals surface area contributed by atoms with Crippen LogP contribution in [0, 0.1) is 11.6 Å². The van der Waals surface area contributed by atoms with Crippen molar-refractivity contribution in [3.63, 3.8) is 0 Å². The highest BCUT2D eigenvalue weighted by atomic mass is 79.9. The summed E-state index contributed by atoms with van der Waals surface area (Å²) in [6, 6.07) is 29.9. The predicted octanol–water partition coefficient (Wildman–Crippen LogP) is 9.21. The first-order valence-electron chi connectivity index (χ1n) is 13.7. The lowest BCUT2D eigenvalue weighted by atomic mass is 9.72. The molecule has 0 radical (unpaired) electrons. The van der Waals surface area contributed by atoms with Gasteiger partial charge in [0.1, 0.15) is 11.6 Å². The van der Waals surface area contributed by atoms with Crippen molar-refractivity contribution in [2.24, 2.45) is 0 Å². The smallest absolute Gasteiger partial charge is 0.130 e. The first-order valence-corrected chi connectivity index (χ1v) is 15.3. The van der Waals surface area contributed by atoms with Gasteiger partial charge in [-0.1, -0.05) is 105 Å². The molecule has 0 bridgehead atoms. The molecule has 2 fully saturated rings. The Labute approximate surface area is 256 Å². The van der Waals surface area contributed by atoms with Gasteiger partial charge >= 0.3 is 0 Å². The third-order valence-electron chi connectivity index (χ3n) is 7.72. The van der Waals surface area contributed by atoms with Crippen LogP contribution < -0.4 is 0 Å². The maximum Gasteiger partial charge on any atom is 0.130 e. The standard InChI is InChI=1S/C17H16BrFO2.C17H16BrFO/c18-14-7-4-8-15(19)16(14)17(20)9-13(10-17)21-11-12-5-2-1-3-6-12;18-15-7-4-8-16(19)17(15)13-9-14(10-13)20-11-12-5-2-1-3-6-12/h1-8,13,20H,9-11H2;1-8,13-14H,9-11H2. The van der Waals surface area contributed by atoms with Crippen molar-refractivity contribution in [2.45, 2.75) is 62.6 Å². The molecule has 2 aliphatic rings. The highest BCUT2D eigenvalue weighted by molar-refractivity contribution is 9.10. The third kappa shape index (κ3) is 7.51. The molecule has 0 aromatic heterocycles. The van der Waals surface area contributed by atoms with Gasteiger partial charge in [-0.05, 0) is 54.2 Å². The second-order valence-corrected chi connectivity index (χ2v) is 12.4. The zero-order valence-corrected chi connectivity index (χ0v) is 25.7. The fourth-order valence-corrected chi connectivity index (χ4v) is 6.75. The summed E-state index contributed by atoms with van der Waals surface area (Å²) in [6.45, 7) is 1.15. The Morgan fingerprint density at radius 2 is 1.17 bits per heavy atom. The van der Waals surface area contributed by atoms with Crippen molar-refractivity contribution in [1.29, 1.82) is 0 Å². The van der Waals surface area contributed by atoms with Gasteiger partial charge in [0.05, 0.1) is 31.0 Å². The van der Waals surface area contributed by atoms with E-state index in [-0.39, 0.29) is 29.8 Å². The summed E-state index contributed by atoms with van der Waals surface area (Å²) in [6.07, 6.45) is 2.82. The van der Waals surface area contributed by atoms with Crippen LogP contribution in [-0.2, 0) is 28.3 Å². The van der Waals surface area contributed by atoms with Crippen molar-refractivity contribution in [2.75, 3.05) is 0 Å². The molecule has 4 aromatic carbocycles. The van der Waals surface area contributed by atoms with Crippen molar-refractivity contribution < 1.29 is 23.4 Å². The Balaban J connectivity index is 0.000000165. The second-order valence-electron chi connectivity index (χ2n) is 10.7. The number of aliphatic hydroxyl groups is 1. The molecule has 41 heavy (non-hydrogen) atoms. The van der Waals surface area contributed by atoms with Gasteiger partial charge in [-0.25, -0.2) is 8.78 Å². The zero-order chi connectivity index (χ0) is 28.8. The van der Waals surface area contributed by atoms with Crippen LogP contribution in [0.15, 0.2) is 106 Å². The monoisotopic (exact) mass is 684 g/mol. The van der Waals surface area contributed by atoms with E-state index in [1.807, 2.05) is 54.6 Å². The second kappa shape index (κ2) is 13.7. The zero-order valence-electron chi connectivity index (χ0n) is 22.5. The van der Waals surface area contributed by atoms with Crippen LogP contribution in [0.3, 0.4) is 0 Å². The van der Waals surface area contributed by atoms with Crippen LogP contribution in [0.4, 0.5) is 8.78 Å². The highest BCUT2D eigenvalue weighted by Crippen LogP contribution is 2.47. The minimum atomic E-state index is -1.13. The summed E-state index contributed by atoms with van der Waals surface area (Å²) in [7, 11) is 0. The molecule has 1 N–H and O–H groups in total. The maximum absolute atomic E-state index is 13.9. The Morgan fingerprint density at radius 3 is 1.71 bits per heavy atom. The van der Waals surface area contributed by atoms with E-state index in [9.17, 15) is 13.9 Å². The number of halogens is 4. The lowest BCUT2D eigenvalue weighted by Gasteiger charge is -2.44. The molecule has 0 saturated heterocycles. The lowest BCUT2D eigenvalue weighted by molar-refractivity contribution is -0.151. The normalized spacial score (nSPS) is 23.1. The Kier molecular flexibility index (Phi) is 10.0. The van der Waals surface area contributed by atoms with Gasteiger partial charge in [-0.3, -0.25) is 0 Å². The fraction of sp³-hybridized carbons (Fsp3) is 0.294. The van der Waals surface area contributed by atoms with Gasteiger partial charge in [-0.2, -0.15) is 0 Å². The Hall–Kier alpha value is -2.42. The summed E-state index contributed by atoms with van der Waals surface area (Å²) in [5.41, 5.74) is 2.28. The molecule has 4 aromatic rings. The van der Waals surface area contributed by atoms with Crippen LogP contribution in [0.5, 0.6) is 0 Å². The predicted molar refractivity (Wildman–Crippen MR) is 163 cm³/mol. The summed E-state index contributed by atoms with van der Waals surface area (Å²) < 4.78 is 40.8. The average molecular weight is 686 g/mol. The summed E-state index contributed by atoms with van der Waals surface area (Å²) in [5.74, 6) is -0.231. The molecule has 2 saturated carbocycles. The first-order chi connectivity index (χ1) is 19.8. The van der Waals surface area contributed by atoms with Crippen LogP contribution >= 0.6 is 31.9 Å². The Morgan fingerprint density at radius 1 is 0.659 bits per heavy atom.